The Bertz CT molecular complexity index is 397. The third-order valence-electron chi connectivity index (χ3n) is 4.89. The predicted molar refractivity (Wildman–Crippen MR) is 80.1 cm³/mol. The maximum Gasteiger partial charge on any atom is 0.0540 e. The van der Waals surface area contributed by atoms with E-state index >= 15 is 0 Å². The quantitative estimate of drug-likeness (QED) is 0.839. The minimum atomic E-state index is 0.414. The highest BCUT2D eigenvalue weighted by Gasteiger charge is 2.20. The van der Waals surface area contributed by atoms with Gasteiger partial charge in [-0.2, -0.15) is 5.10 Å². The van der Waals surface area contributed by atoms with E-state index in [1.807, 2.05) is 17.9 Å². The fraction of sp³-hybridized carbons (Fsp3) is 0.812. The van der Waals surface area contributed by atoms with Crippen LogP contribution >= 0.6 is 0 Å². The van der Waals surface area contributed by atoms with E-state index in [0.29, 0.717) is 12.1 Å². The number of nitrogens with zero attached hydrogens (tertiary/aromatic N) is 2. The summed E-state index contributed by atoms with van der Waals surface area (Å²) >= 11 is 0. The molecule has 1 aliphatic rings. The lowest BCUT2D eigenvalue weighted by Gasteiger charge is -2.22. The molecule has 0 aliphatic heterocycles. The van der Waals surface area contributed by atoms with Gasteiger partial charge in [-0.05, 0) is 39.0 Å². The summed E-state index contributed by atoms with van der Waals surface area (Å²) in [4.78, 5) is 0. The summed E-state index contributed by atoms with van der Waals surface area (Å²) in [6.45, 7) is 6.76. The molecule has 1 aromatic rings. The molecule has 0 aromatic carbocycles. The average molecular weight is 263 g/mol. The van der Waals surface area contributed by atoms with Gasteiger partial charge in [-0.15, -0.1) is 0 Å². The predicted octanol–water partition coefficient (Wildman–Crippen LogP) is 3.74. The molecule has 1 fully saturated rings. The van der Waals surface area contributed by atoms with Gasteiger partial charge in [-0.3, -0.25) is 4.68 Å². The lowest BCUT2D eigenvalue weighted by atomic mass is 9.97. The number of hydrogen-bond donors (Lipinski definition) is 1. The Hall–Kier alpha value is -0.830. The Kier molecular flexibility index (Phi) is 5.03. The van der Waals surface area contributed by atoms with Gasteiger partial charge in [0.15, 0.2) is 0 Å². The second kappa shape index (κ2) is 6.56. The molecule has 1 aromatic heterocycles. The fourth-order valence-corrected chi connectivity index (χ4v) is 3.34. The summed E-state index contributed by atoms with van der Waals surface area (Å²) in [5.74, 6) is 0.960. The highest BCUT2D eigenvalue weighted by Crippen LogP contribution is 2.27. The molecule has 3 unspecified atom stereocenters. The zero-order valence-electron chi connectivity index (χ0n) is 12.9. The highest BCUT2D eigenvalue weighted by atomic mass is 15.3. The topological polar surface area (TPSA) is 29.9 Å². The monoisotopic (exact) mass is 263 g/mol. The van der Waals surface area contributed by atoms with Gasteiger partial charge < -0.3 is 5.32 Å². The molecule has 0 radical (unpaired) electrons. The molecule has 0 saturated heterocycles. The summed E-state index contributed by atoms with van der Waals surface area (Å²) in [5, 5.41) is 8.17. The van der Waals surface area contributed by atoms with E-state index in [-0.39, 0.29) is 0 Å². The van der Waals surface area contributed by atoms with Gasteiger partial charge in [-0.25, -0.2) is 0 Å². The Morgan fingerprint density at radius 3 is 2.79 bits per heavy atom. The van der Waals surface area contributed by atoms with Crippen molar-refractivity contribution in [3.8, 4) is 0 Å². The third kappa shape index (κ3) is 3.59. The molecule has 2 rings (SSSR count). The first-order chi connectivity index (χ1) is 9.11. The molecule has 1 N–H and O–H groups in total. The second-order valence-corrected chi connectivity index (χ2v) is 6.18. The lowest BCUT2D eigenvalue weighted by molar-refractivity contribution is 0.399. The van der Waals surface area contributed by atoms with E-state index in [1.165, 1.54) is 49.8 Å². The van der Waals surface area contributed by atoms with Gasteiger partial charge in [0, 0.05) is 30.4 Å². The van der Waals surface area contributed by atoms with Crippen molar-refractivity contribution in [2.75, 3.05) is 0 Å². The normalized spacial score (nSPS) is 26.1. The van der Waals surface area contributed by atoms with E-state index < -0.39 is 0 Å². The van der Waals surface area contributed by atoms with E-state index in [0.717, 1.165) is 5.92 Å². The van der Waals surface area contributed by atoms with Crippen LogP contribution in [0.1, 0.15) is 69.7 Å². The smallest absolute Gasteiger partial charge is 0.0540 e. The second-order valence-electron chi connectivity index (χ2n) is 6.18. The fourth-order valence-electron chi connectivity index (χ4n) is 3.34. The molecule has 1 heterocycles. The third-order valence-corrected chi connectivity index (χ3v) is 4.89. The van der Waals surface area contributed by atoms with Crippen molar-refractivity contribution < 1.29 is 0 Å². The molecule has 3 nitrogen and oxygen atoms in total. The van der Waals surface area contributed by atoms with Crippen molar-refractivity contribution in [1.29, 1.82) is 0 Å². The van der Waals surface area contributed by atoms with Gasteiger partial charge in [0.1, 0.15) is 0 Å². The molecular weight excluding hydrogens is 234 g/mol. The SMILES string of the molecule is CCC1CCCC(NC(C)c2cnn(C)c2C)CC1. The van der Waals surface area contributed by atoms with Crippen molar-refractivity contribution in [2.45, 2.75) is 71.4 Å². The average Bonchev–Trinajstić information content (AvgIpc) is 2.62. The Balaban J connectivity index is 1.92. The summed E-state index contributed by atoms with van der Waals surface area (Å²) < 4.78 is 1.97. The minimum absolute atomic E-state index is 0.414. The van der Waals surface area contributed by atoms with E-state index in [2.05, 4.69) is 31.2 Å². The van der Waals surface area contributed by atoms with Crippen LogP contribution in [0.15, 0.2) is 6.20 Å². The minimum Gasteiger partial charge on any atom is -0.307 e. The summed E-state index contributed by atoms with van der Waals surface area (Å²) in [6.07, 6.45) is 10.2. The summed E-state index contributed by atoms with van der Waals surface area (Å²) in [6, 6.07) is 1.10. The molecule has 1 aliphatic carbocycles. The van der Waals surface area contributed by atoms with Crippen LogP contribution in [0, 0.1) is 12.8 Å². The van der Waals surface area contributed by atoms with Gasteiger partial charge in [0.25, 0.3) is 0 Å². The van der Waals surface area contributed by atoms with Gasteiger partial charge in [-0.1, -0.05) is 26.2 Å². The zero-order valence-corrected chi connectivity index (χ0v) is 12.9. The van der Waals surface area contributed by atoms with Gasteiger partial charge >= 0.3 is 0 Å². The molecule has 0 amide bonds. The standard InChI is InChI=1S/C16H29N3/c1-5-14-7-6-8-15(10-9-14)18-12(2)16-11-17-19(4)13(16)3/h11-12,14-15,18H,5-10H2,1-4H3. The number of aryl methyl sites for hydroxylation is 1. The molecule has 3 heteroatoms. The van der Waals surface area contributed by atoms with Crippen molar-refractivity contribution in [1.82, 2.24) is 15.1 Å². The van der Waals surface area contributed by atoms with Crippen LogP contribution in [0.25, 0.3) is 0 Å². The first kappa shape index (κ1) is 14.6. The Labute approximate surface area is 117 Å². The summed E-state index contributed by atoms with van der Waals surface area (Å²) in [7, 11) is 2.02. The van der Waals surface area contributed by atoms with Crippen molar-refractivity contribution >= 4 is 0 Å². The zero-order chi connectivity index (χ0) is 13.8. The number of aromatic nitrogens is 2. The maximum absolute atomic E-state index is 4.35. The van der Waals surface area contributed by atoms with Gasteiger partial charge in [0.05, 0.1) is 6.20 Å². The maximum atomic E-state index is 4.35. The summed E-state index contributed by atoms with van der Waals surface area (Å²) in [5.41, 5.74) is 2.62. The van der Waals surface area contributed by atoms with Crippen LogP contribution in [0.2, 0.25) is 0 Å². The molecule has 0 spiro atoms. The largest absolute Gasteiger partial charge is 0.307 e. The number of nitrogens with one attached hydrogen (secondary N) is 1. The van der Waals surface area contributed by atoms with E-state index in [1.54, 1.807) is 0 Å². The van der Waals surface area contributed by atoms with Crippen LogP contribution in [0.3, 0.4) is 0 Å². The first-order valence-electron chi connectivity index (χ1n) is 7.86. The van der Waals surface area contributed by atoms with Crippen LogP contribution in [0.5, 0.6) is 0 Å². The van der Waals surface area contributed by atoms with Crippen molar-refractivity contribution in [2.24, 2.45) is 13.0 Å². The molecule has 1 saturated carbocycles. The Morgan fingerprint density at radius 1 is 1.37 bits per heavy atom. The lowest BCUT2D eigenvalue weighted by Crippen LogP contribution is -2.31. The highest BCUT2D eigenvalue weighted by molar-refractivity contribution is 5.19. The Morgan fingerprint density at radius 2 is 2.16 bits per heavy atom. The van der Waals surface area contributed by atoms with Crippen LogP contribution in [-0.2, 0) is 7.05 Å². The molecule has 19 heavy (non-hydrogen) atoms. The first-order valence-corrected chi connectivity index (χ1v) is 7.86. The van der Waals surface area contributed by atoms with Crippen LogP contribution < -0.4 is 5.32 Å². The molecule has 108 valence electrons. The van der Waals surface area contributed by atoms with Crippen molar-refractivity contribution in [3.63, 3.8) is 0 Å². The van der Waals surface area contributed by atoms with E-state index in [4.69, 9.17) is 0 Å². The molecule has 3 atom stereocenters. The van der Waals surface area contributed by atoms with Crippen LogP contribution in [0.4, 0.5) is 0 Å². The van der Waals surface area contributed by atoms with Crippen LogP contribution in [-0.4, -0.2) is 15.8 Å². The molecular formula is C16H29N3. The molecule has 0 bridgehead atoms. The van der Waals surface area contributed by atoms with E-state index in [9.17, 15) is 0 Å². The van der Waals surface area contributed by atoms with Gasteiger partial charge in [0.2, 0.25) is 0 Å². The van der Waals surface area contributed by atoms with Crippen molar-refractivity contribution in [3.05, 3.63) is 17.5 Å². The number of hydrogen-bond acceptors (Lipinski definition) is 2. The number of rotatable bonds is 4.